The number of halogens is 2. The molecule has 0 aliphatic heterocycles. The van der Waals surface area contributed by atoms with E-state index in [0.717, 1.165) is 25.9 Å². The Labute approximate surface area is 155 Å². The zero-order valence-corrected chi connectivity index (χ0v) is 16.4. The second-order valence-electron chi connectivity index (χ2n) is 5.58. The molecular formula is C17H26FIN4. The van der Waals surface area contributed by atoms with Gasteiger partial charge in [-0.15, -0.1) is 24.0 Å². The quantitative estimate of drug-likeness (QED) is 0.298. The number of guanidine groups is 1. The summed E-state index contributed by atoms with van der Waals surface area (Å²) < 4.78 is 13.7. The summed E-state index contributed by atoms with van der Waals surface area (Å²) in [5, 5.41) is 15.3. The van der Waals surface area contributed by atoms with Crippen LogP contribution in [-0.2, 0) is 6.54 Å². The molecule has 0 aliphatic carbocycles. The third kappa shape index (κ3) is 8.74. The molecule has 0 spiro atoms. The van der Waals surface area contributed by atoms with Crippen LogP contribution in [0.2, 0.25) is 0 Å². The monoisotopic (exact) mass is 432 g/mol. The molecule has 2 N–H and O–H groups in total. The molecule has 0 radical (unpaired) electrons. The lowest BCUT2D eigenvalue weighted by molar-refractivity contribution is 0.549. The van der Waals surface area contributed by atoms with Gasteiger partial charge in [-0.05, 0) is 43.9 Å². The third-order valence-electron chi connectivity index (χ3n) is 3.18. The number of rotatable bonds is 7. The van der Waals surface area contributed by atoms with Crippen molar-refractivity contribution < 1.29 is 4.39 Å². The number of nitrogens with zero attached hydrogens (tertiary/aromatic N) is 2. The lowest BCUT2D eigenvalue weighted by Crippen LogP contribution is -2.37. The van der Waals surface area contributed by atoms with Crippen molar-refractivity contribution in [2.45, 2.75) is 40.2 Å². The number of nitriles is 1. The Morgan fingerprint density at radius 1 is 1.35 bits per heavy atom. The van der Waals surface area contributed by atoms with Crippen molar-refractivity contribution in [3.05, 3.63) is 35.1 Å². The molecule has 6 heteroatoms. The summed E-state index contributed by atoms with van der Waals surface area (Å²) in [6.45, 7) is 8.18. The third-order valence-corrected chi connectivity index (χ3v) is 3.18. The van der Waals surface area contributed by atoms with Crippen LogP contribution in [0, 0.1) is 23.1 Å². The maximum absolute atomic E-state index is 13.7. The van der Waals surface area contributed by atoms with Gasteiger partial charge in [0.1, 0.15) is 5.82 Å². The molecule has 1 aromatic carbocycles. The van der Waals surface area contributed by atoms with E-state index < -0.39 is 0 Å². The highest BCUT2D eigenvalue weighted by molar-refractivity contribution is 14.0. The molecule has 1 rings (SSSR count). The van der Waals surface area contributed by atoms with Crippen LogP contribution >= 0.6 is 24.0 Å². The van der Waals surface area contributed by atoms with Crippen LogP contribution in [0.5, 0.6) is 0 Å². The minimum Gasteiger partial charge on any atom is -0.357 e. The SMILES string of the molecule is CCNC(=NCc1cc(C#N)ccc1F)NCCCC(C)C.I. The largest absolute Gasteiger partial charge is 0.357 e. The van der Waals surface area contributed by atoms with Gasteiger partial charge in [-0.25, -0.2) is 9.38 Å². The van der Waals surface area contributed by atoms with Crippen LogP contribution in [0.3, 0.4) is 0 Å². The van der Waals surface area contributed by atoms with E-state index >= 15 is 0 Å². The summed E-state index contributed by atoms with van der Waals surface area (Å²) in [5.74, 6) is 1.02. The van der Waals surface area contributed by atoms with Gasteiger partial charge in [-0.1, -0.05) is 13.8 Å². The summed E-state index contributed by atoms with van der Waals surface area (Å²) in [5.41, 5.74) is 0.875. The van der Waals surface area contributed by atoms with Gasteiger partial charge in [0.2, 0.25) is 0 Å². The summed E-state index contributed by atoms with van der Waals surface area (Å²) in [4.78, 5) is 4.38. The molecule has 0 amide bonds. The van der Waals surface area contributed by atoms with E-state index in [0.29, 0.717) is 23.0 Å². The van der Waals surface area contributed by atoms with Crippen LogP contribution in [-0.4, -0.2) is 19.0 Å². The first kappa shape index (κ1) is 21.6. The minimum absolute atomic E-state index is 0. The minimum atomic E-state index is -0.335. The molecule has 1 aromatic rings. The van der Waals surface area contributed by atoms with Crippen molar-refractivity contribution in [2.75, 3.05) is 13.1 Å². The average molecular weight is 432 g/mol. The first-order valence-electron chi connectivity index (χ1n) is 7.77. The first-order chi connectivity index (χ1) is 10.6. The molecule has 0 saturated heterocycles. The van der Waals surface area contributed by atoms with E-state index in [9.17, 15) is 4.39 Å². The van der Waals surface area contributed by atoms with E-state index in [2.05, 4.69) is 29.5 Å². The number of aliphatic imine (C=N–C) groups is 1. The maximum Gasteiger partial charge on any atom is 0.191 e. The van der Waals surface area contributed by atoms with Gasteiger partial charge in [0, 0.05) is 18.7 Å². The molecule has 0 bridgehead atoms. The lowest BCUT2D eigenvalue weighted by atomic mass is 10.1. The van der Waals surface area contributed by atoms with Crippen molar-refractivity contribution in [1.29, 1.82) is 5.26 Å². The van der Waals surface area contributed by atoms with Gasteiger partial charge in [-0.2, -0.15) is 5.26 Å². The fraction of sp³-hybridized carbons (Fsp3) is 0.529. The molecule has 0 atom stereocenters. The van der Waals surface area contributed by atoms with E-state index in [1.54, 1.807) is 6.07 Å². The molecule has 128 valence electrons. The smallest absolute Gasteiger partial charge is 0.191 e. The Bertz CT molecular complexity index is 538. The molecule has 0 fully saturated rings. The molecule has 0 unspecified atom stereocenters. The van der Waals surface area contributed by atoms with Crippen LogP contribution < -0.4 is 10.6 Å². The highest BCUT2D eigenvalue weighted by Crippen LogP contribution is 2.11. The van der Waals surface area contributed by atoms with Gasteiger partial charge in [-0.3, -0.25) is 0 Å². The summed E-state index contributed by atoms with van der Waals surface area (Å²) >= 11 is 0. The van der Waals surface area contributed by atoms with Gasteiger partial charge >= 0.3 is 0 Å². The van der Waals surface area contributed by atoms with Crippen molar-refractivity contribution >= 4 is 29.9 Å². The van der Waals surface area contributed by atoms with Crippen molar-refractivity contribution in [3.63, 3.8) is 0 Å². The molecule has 0 aliphatic rings. The summed E-state index contributed by atoms with van der Waals surface area (Å²) in [6.07, 6.45) is 2.23. The lowest BCUT2D eigenvalue weighted by Gasteiger charge is -2.12. The number of hydrogen-bond acceptors (Lipinski definition) is 2. The second kappa shape index (κ2) is 12.1. The Kier molecular flexibility index (Phi) is 11.4. The molecule has 0 aromatic heterocycles. The fourth-order valence-corrected chi connectivity index (χ4v) is 1.99. The van der Waals surface area contributed by atoms with Crippen molar-refractivity contribution in [3.8, 4) is 6.07 Å². The van der Waals surface area contributed by atoms with Crippen LogP contribution in [0.15, 0.2) is 23.2 Å². The van der Waals surface area contributed by atoms with Crippen LogP contribution in [0.4, 0.5) is 4.39 Å². The summed E-state index contributed by atoms with van der Waals surface area (Å²) in [6, 6.07) is 6.34. The Morgan fingerprint density at radius 2 is 2.09 bits per heavy atom. The highest BCUT2D eigenvalue weighted by atomic mass is 127. The standard InChI is InChI=1S/C17H25FN4.HI/c1-4-20-17(21-9-5-6-13(2)3)22-12-15-10-14(11-19)7-8-16(15)18;/h7-8,10,13H,4-6,9,12H2,1-3H3,(H2,20,21,22);1H. The highest BCUT2D eigenvalue weighted by Gasteiger charge is 2.04. The van der Waals surface area contributed by atoms with E-state index in [-0.39, 0.29) is 36.3 Å². The molecule has 4 nitrogen and oxygen atoms in total. The van der Waals surface area contributed by atoms with Gasteiger partial charge in [0.25, 0.3) is 0 Å². The summed E-state index contributed by atoms with van der Waals surface area (Å²) in [7, 11) is 0. The zero-order chi connectivity index (χ0) is 16.4. The predicted octanol–water partition coefficient (Wildman–Crippen LogP) is 3.81. The molecule has 23 heavy (non-hydrogen) atoms. The van der Waals surface area contributed by atoms with Crippen molar-refractivity contribution in [2.24, 2.45) is 10.9 Å². The van der Waals surface area contributed by atoms with E-state index in [1.165, 1.54) is 12.1 Å². The Morgan fingerprint density at radius 3 is 2.70 bits per heavy atom. The van der Waals surface area contributed by atoms with Gasteiger partial charge < -0.3 is 10.6 Å². The van der Waals surface area contributed by atoms with Gasteiger partial charge in [0.05, 0.1) is 18.2 Å². The topological polar surface area (TPSA) is 60.2 Å². The Hall–Kier alpha value is -1.36. The number of nitrogens with one attached hydrogen (secondary N) is 2. The fourth-order valence-electron chi connectivity index (χ4n) is 1.99. The number of hydrogen-bond donors (Lipinski definition) is 2. The predicted molar refractivity (Wildman–Crippen MR) is 103 cm³/mol. The van der Waals surface area contributed by atoms with E-state index in [1.807, 2.05) is 13.0 Å². The van der Waals surface area contributed by atoms with E-state index in [4.69, 9.17) is 5.26 Å². The Balaban J connectivity index is 0.00000484. The second-order valence-corrected chi connectivity index (χ2v) is 5.58. The maximum atomic E-state index is 13.7. The first-order valence-corrected chi connectivity index (χ1v) is 7.77. The number of benzene rings is 1. The molecular weight excluding hydrogens is 406 g/mol. The van der Waals surface area contributed by atoms with Crippen molar-refractivity contribution in [1.82, 2.24) is 10.6 Å². The van der Waals surface area contributed by atoms with Crippen LogP contribution in [0.25, 0.3) is 0 Å². The average Bonchev–Trinajstić information content (AvgIpc) is 2.50. The normalized spacial score (nSPS) is 10.9. The van der Waals surface area contributed by atoms with Gasteiger partial charge in [0.15, 0.2) is 5.96 Å². The van der Waals surface area contributed by atoms with Crippen LogP contribution in [0.1, 0.15) is 44.7 Å². The molecule has 0 heterocycles. The molecule has 0 saturated carbocycles. The zero-order valence-electron chi connectivity index (χ0n) is 14.0.